The van der Waals surface area contributed by atoms with Crippen molar-refractivity contribution < 1.29 is 4.74 Å². The van der Waals surface area contributed by atoms with Crippen LogP contribution >= 0.6 is 0 Å². The van der Waals surface area contributed by atoms with Crippen molar-refractivity contribution in [2.45, 2.75) is 26.2 Å². The fourth-order valence-electron chi connectivity index (χ4n) is 1.30. The van der Waals surface area contributed by atoms with E-state index in [9.17, 15) is 0 Å². The molecular formula is C12H17O. The van der Waals surface area contributed by atoms with E-state index >= 15 is 0 Å². The summed E-state index contributed by atoms with van der Waals surface area (Å²) < 4.78 is 5.09. The van der Waals surface area contributed by atoms with Crippen molar-refractivity contribution in [2.24, 2.45) is 0 Å². The van der Waals surface area contributed by atoms with Crippen LogP contribution in [-0.4, -0.2) is 7.11 Å². The summed E-state index contributed by atoms with van der Waals surface area (Å²) in [5.41, 5.74) is 1.39. The molecule has 0 bridgehead atoms. The number of ether oxygens (including phenoxy) is 1. The highest BCUT2D eigenvalue weighted by Crippen LogP contribution is 2.13. The van der Waals surface area contributed by atoms with E-state index in [0.29, 0.717) is 0 Å². The van der Waals surface area contributed by atoms with E-state index in [4.69, 9.17) is 4.74 Å². The van der Waals surface area contributed by atoms with Crippen LogP contribution in [0.25, 0.3) is 0 Å². The lowest BCUT2D eigenvalue weighted by Crippen LogP contribution is -1.86. The highest BCUT2D eigenvalue weighted by molar-refractivity contribution is 5.27. The fraction of sp³-hybridized carbons (Fsp3) is 0.417. The number of benzene rings is 1. The Labute approximate surface area is 80.7 Å². The van der Waals surface area contributed by atoms with Crippen molar-refractivity contribution in [3.8, 4) is 5.75 Å². The molecule has 1 heteroatoms. The number of hydrogen-bond acceptors (Lipinski definition) is 1. The molecule has 1 rings (SSSR count). The molecule has 0 aliphatic carbocycles. The third kappa shape index (κ3) is 3.49. The van der Waals surface area contributed by atoms with Crippen molar-refractivity contribution in [3.63, 3.8) is 0 Å². The van der Waals surface area contributed by atoms with Gasteiger partial charge in [-0.1, -0.05) is 25.5 Å². The summed E-state index contributed by atoms with van der Waals surface area (Å²) in [6.45, 7) is 2.11. The maximum atomic E-state index is 5.09. The van der Waals surface area contributed by atoms with Crippen molar-refractivity contribution in [3.05, 3.63) is 36.2 Å². The van der Waals surface area contributed by atoms with E-state index in [1.54, 1.807) is 7.11 Å². The van der Waals surface area contributed by atoms with E-state index < -0.39 is 0 Å². The third-order valence-electron chi connectivity index (χ3n) is 2.12. The van der Waals surface area contributed by atoms with Crippen LogP contribution in [0.1, 0.15) is 25.3 Å². The maximum absolute atomic E-state index is 5.09. The minimum atomic E-state index is 0.936. The van der Waals surface area contributed by atoms with Crippen LogP contribution in [0.4, 0.5) is 0 Å². The Bertz CT molecular complexity index is 225. The first-order valence-corrected chi connectivity index (χ1v) is 4.77. The quantitative estimate of drug-likeness (QED) is 0.627. The monoisotopic (exact) mass is 177 g/mol. The first-order valence-electron chi connectivity index (χ1n) is 4.77. The van der Waals surface area contributed by atoms with Gasteiger partial charge in [0.05, 0.1) is 7.11 Å². The average molecular weight is 177 g/mol. The van der Waals surface area contributed by atoms with Crippen molar-refractivity contribution in [1.29, 1.82) is 0 Å². The number of hydrogen-bond donors (Lipinski definition) is 0. The molecule has 0 aromatic heterocycles. The van der Waals surface area contributed by atoms with Gasteiger partial charge in [-0.15, -0.1) is 0 Å². The smallest absolute Gasteiger partial charge is 0.118 e. The molecule has 0 heterocycles. The van der Waals surface area contributed by atoms with Gasteiger partial charge in [0, 0.05) is 0 Å². The summed E-state index contributed by atoms with van der Waals surface area (Å²) in [7, 11) is 1.70. The molecule has 1 aromatic carbocycles. The molecule has 1 nitrogen and oxygen atoms in total. The van der Waals surface area contributed by atoms with Gasteiger partial charge in [-0.05, 0) is 37.0 Å². The van der Waals surface area contributed by atoms with E-state index in [0.717, 1.165) is 12.2 Å². The molecule has 13 heavy (non-hydrogen) atoms. The summed E-state index contributed by atoms with van der Waals surface area (Å²) in [6.07, 6.45) is 5.81. The normalized spacial score (nSPS) is 10.0. The Balaban J connectivity index is 2.40. The van der Waals surface area contributed by atoms with E-state index in [1.807, 2.05) is 12.1 Å². The minimum absolute atomic E-state index is 0.936. The van der Waals surface area contributed by atoms with Crippen LogP contribution in [0.15, 0.2) is 24.3 Å². The molecule has 0 amide bonds. The van der Waals surface area contributed by atoms with Crippen molar-refractivity contribution in [1.82, 2.24) is 0 Å². The summed E-state index contributed by atoms with van der Waals surface area (Å²) in [5, 5.41) is 0. The van der Waals surface area contributed by atoms with Crippen molar-refractivity contribution >= 4 is 0 Å². The van der Waals surface area contributed by atoms with E-state index in [2.05, 4.69) is 25.5 Å². The second kappa shape index (κ2) is 5.63. The summed E-state index contributed by atoms with van der Waals surface area (Å²) in [4.78, 5) is 0. The van der Waals surface area contributed by atoms with Crippen molar-refractivity contribution in [2.75, 3.05) is 7.11 Å². The Morgan fingerprint density at radius 3 is 2.46 bits per heavy atom. The number of methoxy groups -OCH3 is 1. The predicted octanol–water partition coefficient (Wildman–Crippen LogP) is 3.24. The van der Waals surface area contributed by atoms with Gasteiger partial charge in [-0.3, -0.25) is 0 Å². The van der Waals surface area contributed by atoms with Gasteiger partial charge < -0.3 is 4.74 Å². The Hall–Kier alpha value is -0.980. The zero-order chi connectivity index (χ0) is 9.52. The number of rotatable bonds is 5. The lowest BCUT2D eigenvalue weighted by Gasteiger charge is -2.02. The van der Waals surface area contributed by atoms with Gasteiger partial charge in [-0.25, -0.2) is 0 Å². The topological polar surface area (TPSA) is 9.23 Å². The Morgan fingerprint density at radius 1 is 1.23 bits per heavy atom. The van der Waals surface area contributed by atoms with Crippen LogP contribution in [-0.2, 0) is 6.42 Å². The van der Waals surface area contributed by atoms with Gasteiger partial charge >= 0.3 is 0 Å². The maximum Gasteiger partial charge on any atom is 0.118 e. The SMILES string of the molecule is C[CH]CCCc1ccc(OC)cc1. The number of aryl methyl sites for hydroxylation is 1. The van der Waals surface area contributed by atoms with Gasteiger partial charge in [-0.2, -0.15) is 0 Å². The second-order valence-electron chi connectivity index (χ2n) is 3.15. The van der Waals surface area contributed by atoms with E-state index in [-0.39, 0.29) is 0 Å². The Morgan fingerprint density at radius 2 is 1.92 bits per heavy atom. The lowest BCUT2D eigenvalue weighted by molar-refractivity contribution is 0.414. The summed E-state index contributed by atoms with van der Waals surface area (Å²) in [5.74, 6) is 0.936. The van der Waals surface area contributed by atoms with Gasteiger partial charge in [0.25, 0.3) is 0 Å². The summed E-state index contributed by atoms with van der Waals surface area (Å²) >= 11 is 0. The molecule has 71 valence electrons. The standard InChI is InChI=1S/C12H17O/c1-3-4-5-6-11-7-9-12(13-2)10-8-11/h3,7-10H,4-6H2,1-2H3. The van der Waals surface area contributed by atoms with Crippen LogP contribution in [0.2, 0.25) is 0 Å². The first-order chi connectivity index (χ1) is 6.36. The third-order valence-corrected chi connectivity index (χ3v) is 2.12. The molecule has 0 spiro atoms. The molecule has 1 aromatic rings. The van der Waals surface area contributed by atoms with Crippen LogP contribution in [0, 0.1) is 6.42 Å². The Kier molecular flexibility index (Phi) is 4.37. The molecule has 0 saturated heterocycles. The van der Waals surface area contributed by atoms with Crippen LogP contribution in [0.3, 0.4) is 0 Å². The molecule has 0 fully saturated rings. The molecule has 0 unspecified atom stereocenters. The predicted molar refractivity (Wildman–Crippen MR) is 55.9 cm³/mol. The molecular weight excluding hydrogens is 160 g/mol. The lowest BCUT2D eigenvalue weighted by atomic mass is 10.1. The number of unbranched alkanes of at least 4 members (excludes halogenated alkanes) is 2. The van der Waals surface area contributed by atoms with Crippen LogP contribution in [0.5, 0.6) is 5.75 Å². The average Bonchev–Trinajstić information content (AvgIpc) is 2.19. The largest absolute Gasteiger partial charge is 0.497 e. The van der Waals surface area contributed by atoms with E-state index in [1.165, 1.54) is 18.4 Å². The molecule has 0 N–H and O–H groups in total. The first kappa shape index (κ1) is 10.1. The van der Waals surface area contributed by atoms with Crippen LogP contribution < -0.4 is 4.74 Å². The van der Waals surface area contributed by atoms with Gasteiger partial charge in [0.15, 0.2) is 0 Å². The molecule has 0 saturated carbocycles. The van der Waals surface area contributed by atoms with Gasteiger partial charge in [0.1, 0.15) is 5.75 Å². The highest BCUT2D eigenvalue weighted by atomic mass is 16.5. The molecule has 0 atom stereocenters. The summed E-state index contributed by atoms with van der Waals surface area (Å²) in [6, 6.07) is 8.30. The molecule has 1 radical (unpaired) electrons. The second-order valence-corrected chi connectivity index (χ2v) is 3.15. The highest BCUT2D eigenvalue weighted by Gasteiger charge is 1.93. The van der Waals surface area contributed by atoms with Gasteiger partial charge in [0.2, 0.25) is 0 Å². The minimum Gasteiger partial charge on any atom is -0.497 e. The molecule has 0 aliphatic heterocycles. The zero-order valence-corrected chi connectivity index (χ0v) is 8.42. The fourth-order valence-corrected chi connectivity index (χ4v) is 1.30. The molecule has 0 aliphatic rings. The zero-order valence-electron chi connectivity index (χ0n) is 8.42.